The lowest BCUT2D eigenvalue weighted by Crippen LogP contribution is -1.92. The summed E-state index contributed by atoms with van der Waals surface area (Å²) < 4.78 is 13.1. The molecule has 0 saturated carbocycles. The van der Waals surface area contributed by atoms with Crippen molar-refractivity contribution >= 4 is 39.3 Å². The normalized spacial score (nSPS) is 11.0. The van der Waals surface area contributed by atoms with Gasteiger partial charge in [0.25, 0.3) is 0 Å². The summed E-state index contributed by atoms with van der Waals surface area (Å²) in [5.41, 5.74) is 6.03. The van der Waals surface area contributed by atoms with E-state index in [1.807, 2.05) is 6.08 Å². The minimum atomic E-state index is -0.557. The van der Waals surface area contributed by atoms with E-state index >= 15 is 0 Å². The zero-order valence-electron chi connectivity index (χ0n) is 6.73. The molecule has 0 aliphatic rings. The van der Waals surface area contributed by atoms with Crippen LogP contribution in [-0.4, -0.2) is 5.33 Å². The van der Waals surface area contributed by atoms with Crippen molar-refractivity contribution in [1.82, 2.24) is 0 Å². The first-order valence-corrected chi connectivity index (χ1v) is 5.12. The molecule has 0 unspecified atom stereocenters. The molecule has 1 rings (SSSR count). The fourth-order valence-electron chi connectivity index (χ4n) is 0.880. The van der Waals surface area contributed by atoms with Crippen LogP contribution in [0.1, 0.15) is 5.56 Å². The Hall–Kier alpha value is -0.540. The smallest absolute Gasteiger partial charge is 0.165 e. The van der Waals surface area contributed by atoms with E-state index in [9.17, 15) is 4.39 Å². The summed E-state index contributed by atoms with van der Waals surface area (Å²) >= 11 is 8.93. The second-order valence-corrected chi connectivity index (χ2v) is 3.45. The van der Waals surface area contributed by atoms with Gasteiger partial charge in [0.2, 0.25) is 0 Å². The van der Waals surface area contributed by atoms with Crippen molar-refractivity contribution in [3.8, 4) is 0 Å². The topological polar surface area (TPSA) is 26.0 Å². The first kappa shape index (κ1) is 10.5. The van der Waals surface area contributed by atoms with Gasteiger partial charge < -0.3 is 5.73 Å². The second kappa shape index (κ2) is 4.63. The average molecular weight is 265 g/mol. The molecule has 0 spiro atoms. The van der Waals surface area contributed by atoms with E-state index in [2.05, 4.69) is 15.9 Å². The highest BCUT2D eigenvalue weighted by Gasteiger charge is 2.06. The van der Waals surface area contributed by atoms with Gasteiger partial charge in [0.15, 0.2) is 5.82 Å². The number of alkyl halides is 1. The predicted molar refractivity (Wildman–Crippen MR) is 58.7 cm³/mol. The van der Waals surface area contributed by atoms with Gasteiger partial charge in [-0.15, -0.1) is 0 Å². The van der Waals surface area contributed by atoms with E-state index in [-0.39, 0.29) is 10.7 Å². The zero-order chi connectivity index (χ0) is 9.84. The van der Waals surface area contributed by atoms with E-state index in [4.69, 9.17) is 17.3 Å². The molecule has 0 radical (unpaired) electrons. The maximum Gasteiger partial charge on any atom is 0.165 e. The summed E-state index contributed by atoms with van der Waals surface area (Å²) in [6.45, 7) is 0. The molecule has 4 heteroatoms. The number of nitrogens with two attached hydrogens (primary N) is 1. The van der Waals surface area contributed by atoms with Crippen LogP contribution < -0.4 is 5.73 Å². The van der Waals surface area contributed by atoms with Gasteiger partial charge in [-0.3, -0.25) is 0 Å². The Kier molecular flexibility index (Phi) is 3.75. The summed E-state index contributed by atoms with van der Waals surface area (Å²) in [6, 6.07) is 3.18. The Morgan fingerprint density at radius 3 is 2.85 bits per heavy atom. The third-order valence-electron chi connectivity index (χ3n) is 1.53. The number of benzene rings is 1. The Morgan fingerprint density at radius 1 is 1.54 bits per heavy atom. The SMILES string of the molecule is Nc1ccc(C=CCBr)c(Cl)c1F. The Labute approximate surface area is 89.5 Å². The van der Waals surface area contributed by atoms with Crippen LogP contribution in [-0.2, 0) is 0 Å². The monoisotopic (exact) mass is 263 g/mol. The van der Waals surface area contributed by atoms with Crippen LogP contribution in [0.25, 0.3) is 6.08 Å². The van der Waals surface area contributed by atoms with Crippen LogP contribution in [0.15, 0.2) is 18.2 Å². The molecule has 70 valence electrons. The van der Waals surface area contributed by atoms with Gasteiger partial charge in [0, 0.05) is 5.33 Å². The van der Waals surface area contributed by atoms with E-state index in [0.29, 0.717) is 10.9 Å². The van der Waals surface area contributed by atoms with Gasteiger partial charge in [-0.2, -0.15) is 0 Å². The fraction of sp³-hybridized carbons (Fsp3) is 0.111. The molecule has 1 aromatic carbocycles. The Bertz CT molecular complexity index is 339. The molecule has 0 heterocycles. The van der Waals surface area contributed by atoms with Crippen molar-refractivity contribution in [2.75, 3.05) is 11.1 Å². The molecule has 0 atom stereocenters. The van der Waals surface area contributed by atoms with Crippen molar-refractivity contribution in [2.45, 2.75) is 0 Å². The van der Waals surface area contributed by atoms with Crippen LogP contribution in [0.4, 0.5) is 10.1 Å². The number of nitrogen functional groups attached to an aromatic ring is 1. The second-order valence-electron chi connectivity index (χ2n) is 2.43. The maximum absolute atomic E-state index is 13.1. The van der Waals surface area contributed by atoms with E-state index in [1.54, 1.807) is 12.1 Å². The number of hydrogen-bond donors (Lipinski definition) is 1. The first-order valence-electron chi connectivity index (χ1n) is 3.62. The maximum atomic E-state index is 13.1. The third-order valence-corrected chi connectivity index (χ3v) is 2.29. The molecule has 0 aliphatic carbocycles. The quantitative estimate of drug-likeness (QED) is 0.642. The predicted octanol–water partition coefficient (Wildman–Crippen LogP) is 3.47. The average Bonchev–Trinajstić information content (AvgIpc) is 2.13. The molecule has 1 aromatic rings. The summed E-state index contributed by atoms with van der Waals surface area (Å²) in [5, 5.41) is 0.771. The highest BCUT2D eigenvalue weighted by atomic mass is 79.9. The van der Waals surface area contributed by atoms with Crippen molar-refractivity contribution in [3.63, 3.8) is 0 Å². The van der Waals surface area contributed by atoms with Crippen LogP contribution >= 0.6 is 27.5 Å². The van der Waals surface area contributed by atoms with Gasteiger partial charge >= 0.3 is 0 Å². The van der Waals surface area contributed by atoms with Crippen molar-refractivity contribution in [2.24, 2.45) is 0 Å². The molecule has 13 heavy (non-hydrogen) atoms. The minimum absolute atomic E-state index is 0.0669. The van der Waals surface area contributed by atoms with E-state index in [0.717, 1.165) is 0 Å². The Morgan fingerprint density at radius 2 is 2.23 bits per heavy atom. The number of rotatable bonds is 2. The van der Waals surface area contributed by atoms with Crippen molar-refractivity contribution in [1.29, 1.82) is 0 Å². The summed E-state index contributed by atoms with van der Waals surface area (Å²) in [7, 11) is 0. The van der Waals surface area contributed by atoms with Crippen molar-refractivity contribution < 1.29 is 4.39 Å². The minimum Gasteiger partial charge on any atom is -0.396 e. The molecule has 1 nitrogen and oxygen atoms in total. The number of allylic oxidation sites excluding steroid dienone is 1. The first-order chi connectivity index (χ1) is 6.16. The van der Waals surface area contributed by atoms with Crippen LogP contribution in [0.5, 0.6) is 0 Å². The highest BCUT2D eigenvalue weighted by Crippen LogP contribution is 2.25. The molecular formula is C9H8BrClFN. The van der Waals surface area contributed by atoms with Gasteiger partial charge in [0.05, 0.1) is 10.7 Å². The number of hydrogen-bond acceptors (Lipinski definition) is 1. The summed E-state index contributed by atoms with van der Waals surface area (Å²) in [6.07, 6.45) is 3.57. The van der Waals surface area contributed by atoms with E-state index < -0.39 is 5.82 Å². The third kappa shape index (κ3) is 2.45. The van der Waals surface area contributed by atoms with Gasteiger partial charge in [-0.1, -0.05) is 45.7 Å². The van der Waals surface area contributed by atoms with E-state index in [1.165, 1.54) is 6.07 Å². The van der Waals surface area contributed by atoms with Crippen LogP contribution in [0.3, 0.4) is 0 Å². The Balaban J connectivity index is 3.11. The standard InChI is InChI=1S/C9H8BrClFN/c10-5-1-2-6-3-4-7(13)9(12)8(6)11/h1-4H,5,13H2. The fourth-order valence-corrected chi connectivity index (χ4v) is 1.30. The molecule has 2 N–H and O–H groups in total. The van der Waals surface area contributed by atoms with Crippen molar-refractivity contribution in [3.05, 3.63) is 34.6 Å². The molecular weight excluding hydrogens is 256 g/mol. The van der Waals surface area contributed by atoms with Gasteiger partial charge in [-0.25, -0.2) is 4.39 Å². The van der Waals surface area contributed by atoms with Gasteiger partial charge in [-0.05, 0) is 11.6 Å². The number of anilines is 1. The molecule has 0 bridgehead atoms. The number of halogens is 3. The zero-order valence-corrected chi connectivity index (χ0v) is 9.07. The molecule has 0 fully saturated rings. The highest BCUT2D eigenvalue weighted by molar-refractivity contribution is 9.09. The lowest BCUT2D eigenvalue weighted by Gasteiger charge is -2.02. The summed E-state index contributed by atoms with van der Waals surface area (Å²) in [5.74, 6) is -0.557. The lowest BCUT2D eigenvalue weighted by molar-refractivity contribution is 0.632. The molecule has 0 aliphatic heterocycles. The summed E-state index contributed by atoms with van der Waals surface area (Å²) in [4.78, 5) is 0. The largest absolute Gasteiger partial charge is 0.396 e. The van der Waals surface area contributed by atoms with Crippen LogP contribution in [0.2, 0.25) is 5.02 Å². The lowest BCUT2D eigenvalue weighted by atomic mass is 10.2. The molecule has 0 aromatic heterocycles. The molecule has 0 saturated heterocycles. The van der Waals surface area contributed by atoms with Crippen LogP contribution in [0, 0.1) is 5.82 Å². The van der Waals surface area contributed by atoms with Gasteiger partial charge in [0.1, 0.15) is 0 Å². The molecule has 0 amide bonds.